The van der Waals surface area contributed by atoms with Crippen LogP contribution in [0.25, 0.3) is 0 Å². The van der Waals surface area contributed by atoms with Crippen LogP contribution in [0.4, 0.5) is 5.69 Å². The minimum absolute atomic E-state index is 0. The predicted octanol–water partition coefficient (Wildman–Crippen LogP) is -2.13. The molecule has 0 aliphatic rings. The van der Waals surface area contributed by atoms with E-state index in [-0.39, 0.29) is 30.2 Å². The van der Waals surface area contributed by atoms with Crippen molar-refractivity contribution in [2.75, 3.05) is 0 Å². The van der Waals surface area contributed by atoms with E-state index in [4.69, 9.17) is 6.98 Å². The van der Waals surface area contributed by atoms with Gasteiger partial charge >= 0.3 is 4.24 Å². The van der Waals surface area contributed by atoms with E-state index >= 15 is 0 Å². The van der Waals surface area contributed by atoms with Crippen molar-refractivity contribution in [2.24, 2.45) is 0 Å². The van der Waals surface area contributed by atoms with Crippen molar-refractivity contribution < 1.29 is 25.1 Å². The quantitative estimate of drug-likeness (QED) is 0.472. The third-order valence-corrected chi connectivity index (χ3v) is 0.873. The van der Waals surface area contributed by atoms with Gasteiger partial charge < -0.3 is 18.1 Å². The van der Waals surface area contributed by atoms with Gasteiger partial charge in [0.25, 0.3) is 0 Å². The fourth-order valence-electron chi connectivity index (χ4n) is 0.448. The summed E-state index contributed by atoms with van der Waals surface area (Å²) in [6, 6.07) is 2.67. The Morgan fingerprint density at radius 1 is 1.56 bits per heavy atom. The first-order valence-electron chi connectivity index (χ1n) is 4.72. The van der Waals surface area contributed by atoms with E-state index in [1.807, 2.05) is 0 Å². The van der Waals surface area contributed by atoms with Crippen LogP contribution in [0.3, 0.4) is 0 Å². The first-order valence-corrected chi connectivity index (χ1v) is 2.38. The number of hydrogen-bond acceptors (Lipinski definition) is 0. The topological polar surface area (TPSA) is 27.6 Å². The third-order valence-electron chi connectivity index (χ3n) is 0.873. The Hall–Kier alpha value is -0.530. The van der Waals surface area contributed by atoms with Gasteiger partial charge in [-0.25, -0.2) is 0 Å². The average molecular weight is 149 g/mol. The predicted molar refractivity (Wildman–Crippen MR) is 33.7 cm³/mol. The molecule has 0 saturated heterocycles. The van der Waals surface area contributed by atoms with E-state index in [0.29, 0.717) is 0 Å². The average Bonchev–Trinajstić information content (AvgIpc) is 1.78. The van der Waals surface area contributed by atoms with E-state index < -0.39 is 5.71 Å². The molecule has 0 fully saturated rings. The SMILES string of the molecule is [2H]c1cc(C)cc([2H])c1[N+]([2H])([2H])[2H].[Cl-]. The minimum atomic E-state index is -1.72. The summed E-state index contributed by atoms with van der Waals surface area (Å²) < 4.78 is 36.0. The third kappa shape index (κ3) is 2.49. The van der Waals surface area contributed by atoms with Crippen molar-refractivity contribution in [3.05, 3.63) is 29.8 Å². The van der Waals surface area contributed by atoms with Crippen LogP contribution in [0, 0.1) is 6.92 Å². The molecular formula is C7H10ClN. The Morgan fingerprint density at radius 3 is 2.56 bits per heavy atom. The van der Waals surface area contributed by atoms with Crippen molar-refractivity contribution in [2.45, 2.75) is 6.92 Å². The molecule has 0 heterocycles. The molecule has 0 aromatic heterocycles. The first-order chi connectivity index (χ1) is 5.82. The van der Waals surface area contributed by atoms with Crippen molar-refractivity contribution in [3.8, 4) is 0 Å². The lowest BCUT2D eigenvalue weighted by atomic mass is 10.2. The standard InChI is InChI=1S/C7H9N.ClH/c1-6-2-4-7(8)5-3-6;/h2-5H,8H2,1H3;1H/i4D,5D;/hD3. The molecule has 1 rings (SSSR count). The smallest absolute Gasteiger partial charge is 0.350 e. The van der Waals surface area contributed by atoms with E-state index in [9.17, 15) is 0 Å². The van der Waals surface area contributed by atoms with Gasteiger partial charge in [-0.3, -0.25) is 0 Å². The summed E-state index contributed by atoms with van der Waals surface area (Å²) in [7, 11) is 0. The summed E-state index contributed by atoms with van der Waals surface area (Å²) in [5.41, 5.74) is -1.23. The molecule has 50 valence electrons. The highest BCUT2D eigenvalue weighted by Crippen LogP contribution is 2.00. The number of benzene rings is 1. The van der Waals surface area contributed by atoms with Gasteiger partial charge in [0, 0.05) is 0 Å². The fourth-order valence-corrected chi connectivity index (χ4v) is 0.448. The van der Waals surface area contributed by atoms with Crippen LogP contribution in [0.15, 0.2) is 24.2 Å². The Morgan fingerprint density at radius 2 is 2.11 bits per heavy atom. The van der Waals surface area contributed by atoms with Crippen LogP contribution >= 0.6 is 0 Å². The molecule has 0 radical (unpaired) electrons. The Kier molecular flexibility index (Phi) is 1.18. The fraction of sp³-hybridized carbons (Fsp3) is 0.143. The van der Waals surface area contributed by atoms with Crippen LogP contribution in [0.5, 0.6) is 0 Å². The van der Waals surface area contributed by atoms with Gasteiger partial charge in [-0.15, -0.1) is 0 Å². The zero-order chi connectivity index (χ0) is 10.2. The van der Waals surface area contributed by atoms with Gasteiger partial charge in [-0.05, 0) is 19.0 Å². The second-order valence-electron chi connectivity index (χ2n) is 1.67. The molecule has 2 heteroatoms. The first kappa shape index (κ1) is 3.04. The largest absolute Gasteiger partial charge is 1.00 e. The minimum Gasteiger partial charge on any atom is -1.00 e. The van der Waals surface area contributed by atoms with Crippen molar-refractivity contribution >= 4 is 5.69 Å². The maximum atomic E-state index is 7.41. The van der Waals surface area contributed by atoms with Gasteiger partial charge in [0.1, 0.15) is 5.69 Å². The van der Waals surface area contributed by atoms with E-state index in [1.165, 1.54) is 12.1 Å². The number of hydrogen-bond donors (Lipinski definition) is 1. The van der Waals surface area contributed by atoms with Gasteiger partial charge in [0.15, 0.2) is 0 Å². The van der Waals surface area contributed by atoms with Crippen molar-refractivity contribution in [1.82, 2.24) is 0 Å². The number of quaternary nitrogens is 1. The van der Waals surface area contributed by atoms with Gasteiger partial charge in [-0.2, -0.15) is 0 Å². The maximum Gasteiger partial charge on any atom is 0.350 e. The number of aryl methyl sites for hydroxylation is 1. The van der Waals surface area contributed by atoms with Gasteiger partial charge in [0.2, 0.25) is 0 Å². The molecule has 0 atom stereocenters. The maximum absolute atomic E-state index is 7.41. The molecule has 1 aromatic rings. The highest BCUT2D eigenvalue weighted by atomic mass is 35.5. The summed E-state index contributed by atoms with van der Waals surface area (Å²) >= 11 is 0. The van der Waals surface area contributed by atoms with Crippen LogP contribution in [-0.2, 0) is 0 Å². The number of halogens is 1. The molecule has 0 aliphatic carbocycles. The zero-order valence-electron chi connectivity index (χ0n) is 9.98. The molecule has 1 nitrogen and oxygen atoms in total. The van der Waals surface area contributed by atoms with Crippen molar-refractivity contribution in [3.63, 3.8) is 0 Å². The molecule has 1 aromatic carbocycles. The van der Waals surface area contributed by atoms with E-state index in [2.05, 4.69) is 0 Å². The Balaban J connectivity index is 0.00000169. The van der Waals surface area contributed by atoms with Crippen molar-refractivity contribution in [1.29, 1.82) is 0 Å². The van der Waals surface area contributed by atoms with E-state index in [1.54, 1.807) is 6.92 Å². The zero-order valence-corrected chi connectivity index (χ0v) is 5.74. The lowest BCUT2D eigenvalue weighted by Gasteiger charge is -1.87. The molecule has 9 heavy (non-hydrogen) atoms. The molecular weight excluding hydrogens is 134 g/mol. The van der Waals surface area contributed by atoms with Gasteiger partial charge in [-0.1, -0.05) is 17.7 Å². The lowest BCUT2D eigenvalue weighted by Crippen LogP contribution is -3.00. The molecule has 0 bridgehead atoms. The number of rotatable bonds is 1. The monoisotopic (exact) mass is 148 g/mol. The Labute approximate surface area is 68.5 Å². The summed E-state index contributed by atoms with van der Waals surface area (Å²) in [4.78, 5) is 0. The molecule has 0 saturated carbocycles. The second-order valence-corrected chi connectivity index (χ2v) is 1.67. The van der Waals surface area contributed by atoms with Crippen LogP contribution < -0.4 is 18.1 Å². The molecule has 3 N–H and O–H groups in total. The Bertz CT molecular complexity index is 312. The highest BCUT2D eigenvalue weighted by Gasteiger charge is 1.83. The van der Waals surface area contributed by atoms with Gasteiger partial charge in [0.05, 0.1) is 2.74 Å². The molecule has 0 amide bonds. The molecule has 0 aliphatic heterocycles. The molecule has 0 spiro atoms. The van der Waals surface area contributed by atoms with E-state index in [0.717, 1.165) is 5.56 Å². The van der Waals surface area contributed by atoms with Crippen LogP contribution in [-0.4, -0.2) is 0 Å². The highest BCUT2D eigenvalue weighted by molar-refractivity contribution is 5.30. The normalized spacial score (nSPS) is 17.7. The summed E-state index contributed by atoms with van der Waals surface area (Å²) in [5, 5.41) is 0. The lowest BCUT2D eigenvalue weighted by molar-refractivity contribution is -0.254. The van der Waals surface area contributed by atoms with Crippen LogP contribution in [0.1, 0.15) is 8.30 Å². The summed E-state index contributed by atoms with van der Waals surface area (Å²) in [6.07, 6.45) is 0. The summed E-state index contributed by atoms with van der Waals surface area (Å²) in [6.45, 7) is 1.73. The summed E-state index contributed by atoms with van der Waals surface area (Å²) in [5.74, 6) is 0. The molecule has 0 unspecified atom stereocenters. The second kappa shape index (κ2) is 3.49. The van der Waals surface area contributed by atoms with Crippen LogP contribution in [0.2, 0.25) is 4.24 Å².